The van der Waals surface area contributed by atoms with E-state index in [9.17, 15) is 9.59 Å². The number of amides is 3. The quantitative estimate of drug-likeness (QED) is 0.701. The largest absolute Gasteiger partial charge is 0.341 e. The minimum absolute atomic E-state index is 0.276. The van der Waals surface area contributed by atoms with Crippen LogP contribution >= 0.6 is 11.8 Å². The van der Waals surface area contributed by atoms with E-state index in [-0.39, 0.29) is 11.9 Å². The number of rotatable bonds is 5. The van der Waals surface area contributed by atoms with Crippen molar-refractivity contribution in [2.24, 2.45) is 0 Å². The van der Waals surface area contributed by atoms with E-state index in [4.69, 9.17) is 0 Å². The van der Waals surface area contributed by atoms with Crippen LogP contribution in [0.5, 0.6) is 0 Å². The first-order valence-corrected chi connectivity index (χ1v) is 7.53. The summed E-state index contributed by atoms with van der Waals surface area (Å²) in [6.07, 6.45) is 3.52. The van der Waals surface area contributed by atoms with E-state index in [1.807, 2.05) is 11.8 Å². The van der Waals surface area contributed by atoms with E-state index in [2.05, 4.69) is 22.9 Å². The molecule has 3 atom stereocenters. The molecular weight excluding hydrogens is 250 g/mol. The van der Waals surface area contributed by atoms with Gasteiger partial charge in [0.1, 0.15) is 0 Å². The fourth-order valence-electron chi connectivity index (χ4n) is 2.21. The highest BCUT2D eigenvalue weighted by atomic mass is 32.2. The Kier molecular flexibility index (Phi) is 6.49. The fraction of sp³-hybridized carbons (Fsp3) is 0.833. The van der Waals surface area contributed by atoms with Crippen LogP contribution in [0.1, 0.15) is 33.1 Å². The highest BCUT2D eigenvalue weighted by Crippen LogP contribution is 2.30. The molecule has 0 aliphatic heterocycles. The number of carbonyl (C=O) groups excluding carboxylic acids is 2. The molecule has 0 saturated heterocycles. The van der Waals surface area contributed by atoms with Gasteiger partial charge in [0.25, 0.3) is 0 Å². The predicted molar refractivity (Wildman–Crippen MR) is 74.8 cm³/mol. The minimum atomic E-state index is -0.459. The van der Waals surface area contributed by atoms with E-state index < -0.39 is 6.03 Å². The van der Waals surface area contributed by atoms with Crippen molar-refractivity contribution in [1.82, 2.24) is 16.0 Å². The summed E-state index contributed by atoms with van der Waals surface area (Å²) in [5.74, 6) is 0.822. The van der Waals surface area contributed by atoms with Crippen molar-refractivity contribution in [1.29, 1.82) is 0 Å². The van der Waals surface area contributed by atoms with Crippen LogP contribution in [0.15, 0.2) is 0 Å². The third-order valence-electron chi connectivity index (χ3n) is 3.15. The van der Waals surface area contributed by atoms with Crippen molar-refractivity contribution in [2.75, 3.05) is 12.8 Å². The van der Waals surface area contributed by atoms with Crippen LogP contribution in [0.25, 0.3) is 0 Å². The zero-order chi connectivity index (χ0) is 13.5. The Balaban J connectivity index is 2.40. The Bertz CT molecular complexity index is 299. The van der Waals surface area contributed by atoms with Crippen molar-refractivity contribution in [2.45, 2.75) is 50.4 Å². The molecule has 0 aromatic heterocycles. The third kappa shape index (κ3) is 4.49. The van der Waals surface area contributed by atoms with Gasteiger partial charge in [-0.3, -0.25) is 10.1 Å². The molecule has 0 aromatic carbocycles. The number of urea groups is 1. The maximum Gasteiger partial charge on any atom is 0.321 e. The number of carbonyl (C=O) groups is 2. The molecule has 6 heteroatoms. The average molecular weight is 273 g/mol. The molecule has 5 nitrogen and oxygen atoms in total. The molecule has 0 spiro atoms. The Morgan fingerprint density at radius 1 is 1.39 bits per heavy atom. The molecule has 104 valence electrons. The number of nitrogens with one attached hydrogen (secondary N) is 3. The fourth-order valence-corrected chi connectivity index (χ4v) is 3.42. The molecule has 1 rings (SSSR count). The van der Waals surface area contributed by atoms with Crippen LogP contribution in [0.4, 0.5) is 4.79 Å². The number of hydrogen-bond acceptors (Lipinski definition) is 4. The van der Waals surface area contributed by atoms with E-state index in [1.54, 1.807) is 6.92 Å². The number of thioether (sulfide) groups is 1. The molecule has 3 unspecified atom stereocenters. The van der Waals surface area contributed by atoms with E-state index >= 15 is 0 Å². The molecule has 18 heavy (non-hydrogen) atoms. The van der Waals surface area contributed by atoms with Gasteiger partial charge < -0.3 is 10.6 Å². The van der Waals surface area contributed by atoms with E-state index in [0.29, 0.717) is 11.3 Å². The highest BCUT2D eigenvalue weighted by Gasteiger charge is 2.29. The lowest BCUT2D eigenvalue weighted by atomic mass is 10.2. The van der Waals surface area contributed by atoms with Gasteiger partial charge in [0, 0.05) is 18.3 Å². The lowest BCUT2D eigenvalue weighted by Crippen LogP contribution is -2.51. The van der Waals surface area contributed by atoms with Gasteiger partial charge in [-0.1, -0.05) is 13.3 Å². The molecular formula is C12H23N3O2S. The average Bonchev–Trinajstić information content (AvgIpc) is 2.77. The van der Waals surface area contributed by atoms with Gasteiger partial charge in [0.15, 0.2) is 0 Å². The van der Waals surface area contributed by atoms with Gasteiger partial charge in [-0.25, -0.2) is 4.79 Å². The molecule has 1 aliphatic carbocycles. The maximum absolute atomic E-state index is 11.7. The molecule has 1 fully saturated rings. The van der Waals surface area contributed by atoms with Crippen LogP contribution in [0.3, 0.4) is 0 Å². The van der Waals surface area contributed by atoms with E-state index in [1.165, 1.54) is 19.9 Å². The summed E-state index contributed by atoms with van der Waals surface area (Å²) in [6.45, 7) is 3.95. The van der Waals surface area contributed by atoms with Crippen molar-refractivity contribution in [3.05, 3.63) is 0 Å². The van der Waals surface area contributed by atoms with Crippen LogP contribution in [0.2, 0.25) is 0 Å². The molecule has 1 saturated carbocycles. The maximum atomic E-state index is 11.7. The number of hydrogen-bond donors (Lipinski definition) is 3. The zero-order valence-electron chi connectivity index (χ0n) is 11.3. The molecule has 1 aliphatic rings. The van der Waals surface area contributed by atoms with Gasteiger partial charge in [-0.05, 0) is 25.5 Å². The lowest BCUT2D eigenvalue weighted by Gasteiger charge is -2.23. The minimum Gasteiger partial charge on any atom is -0.341 e. The van der Waals surface area contributed by atoms with Crippen LogP contribution in [0, 0.1) is 0 Å². The second kappa shape index (κ2) is 7.63. The van der Waals surface area contributed by atoms with Crippen LogP contribution < -0.4 is 16.0 Å². The van der Waals surface area contributed by atoms with Gasteiger partial charge in [0.05, 0.1) is 6.04 Å². The SMILES string of the molecule is CCSC1CCCC1NC(C)C(=O)NC(=O)NC. The molecule has 0 heterocycles. The number of imide groups is 1. The standard InChI is InChI=1S/C12H23N3O2S/c1-4-18-10-7-5-6-9(10)14-8(2)11(16)15-12(17)13-3/h8-10,14H,4-7H2,1-3H3,(H2,13,15,16,17). The van der Waals surface area contributed by atoms with Crippen molar-refractivity contribution < 1.29 is 9.59 Å². The summed E-state index contributed by atoms with van der Waals surface area (Å²) in [5.41, 5.74) is 0. The smallest absolute Gasteiger partial charge is 0.321 e. The Morgan fingerprint density at radius 3 is 2.72 bits per heavy atom. The molecule has 3 amide bonds. The highest BCUT2D eigenvalue weighted by molar-refractivity contribution is 7.99. The predicted octanol–water partition coefficient (Wildman–Crippen LogP) is 1.09. The normalized spacial score (nSPS) is 24.6. The van der Waals surface area contributed by atoms with Gasteiger partial charge >= 0.3 is 6.03 Å². The molecule has 3 N–H and O–H groups in total. The van der Waals surface area contributed by atoms with Gasteiger partial charge in [0.2, 0.25) is 5.91 Å². The zero-order valence-corrected chi connectivity index (χ0v) is 12.1. The summed E-state index contributed by atoms with van der Waals surface area (Å²) in [4.78, 5) is 22.8. The molecule has 0 aromatic rings. The summed E-state index contributed by atoms with van der Waals surface area (Å²) in [5, 5.41) is 8.58. The molecule has 0 radical (unpaired) electrons. The second-order valence-corrected chi connectivity index (χ2v) is 6.00. The van der Waals surface area contributed by atoms with Crippen LogP contribution in [-0.2, 0) is 4.79 Å². The first-order valence-electron chi connectivity index (χ1n) is 6.48. The van der Waals surface area contributed by atoms with Gasteiger partial charge in [-0.2, -0.15) is 11.8 Å². The summed E-state index contributed by atoms with van der Waals surface area (Å²) in [7, 11) is 1.49. The van der Waals surface area contributed by atoms with Crippen molar-refractivity contribution in [3.8, 4) is 0 Å². The summed E-state index contributed by atoms with van der Waals surface area (Å²) in [6, 6.07) is -0.426. The topological polar surface area (TPSA) is 70.2 Å². The van der Waals surface area contributed by atoms with Crippen LogP contribution in [-0.4, -0.2) is 42.1 Å². The summed E-state index contributed by atoms with van der Waals surface area (Å²) < 4.78 is 0. The third-order valence-corrected chi connectivity index (χ3v) is 4.48. The first kappa shape index (κ1) is 15.3. The first-order chi connectivity index (χ1) is 8.58. The van der Waals surface area contributed by atoms with Gasteiger partial charge in [-0.15, -0.1) is 0 Å². The van der Waals surface area contributed by atoms with Crippen molar-refractivity contribution in [3.63, 3.8) is 0 Å². The Morgan fingerprint density at radius 2 is 2.11 bits per heavy atom. The summed E-state index contributed by atoms with van der Waals surface area (Å²) >= 11 is 1.95. The van der Waals surface area contributed by atoms with E-state index in [0.717, 1.165) is 12.2 Å². The lowest BCUT2D eigenvalue weighted by molar-refractivity contribution is -0.121. The Hall–Kier alpha value is -0.750. The molecule has 0 bridgehead atoms. The Labute approximate surface area is 113 Å². The van der Waals surface area contributed by atoms with Crippen molar-refractivity contribution >= 4 is 23.7 Å². The second-order valence-electron chi connectivity index (χ2n) is 4.49. The monoisotopic (exact) mass is 273 g/mol.